The summed E-state index contributed by atoms with van der Waals surface area (Å²) in [4.78, 5) is 23.9. The van der Waals surface area contributed by atoms with Crippen LogP contribution in [0, 0.1) is 6.92 Å². The Hall–Kier alpha value is -2.71. The Morgan fingerprint density at radius 3 is 2.26 bits per heavy atom. The molecule has 0 aliphatic rings. The van der Waals surface area contributed by atoms with Crippen LogP contribution in [0.1, 0.15) is 21.5 Å². The Morgan fingerprint density at radius 1 is 1.04 bits per heavy atom. The molecule has 1 amide bonds. The molecule has 0 radical (unpaired) electrons. The van der Waals surface area contributed by atoms with Crippen LogP contribution in [0.5, 0.6) is 0 Å². The summed E-state index contributed by atoms with van der Waals surface area (Å²) < 4.78 is 30.0. The highest BCUT2D eigenvalue weighted by Crippen LogP contribution is 2.14. The molecule has 7 nitrogen and oxygen atoms in total. The molecule has 0 saturated heterocycles. The number of carbonyl (C=O) groups is 2. The van der Waals surface area contributed by atoms with Crippen molar-refractivity contribution in [2.45, 2.75) is 18.4 Å². The largest absolute Gasteiger partial charge is 0.452 e. The Bertz CT molecular complexity index is 921. The molecule has 27 heavy (non-hydrogen) atoms. The highest BCUT2D eigenvalue weighted by atomic mass is 32.2. The monoisotopic (exact) mass is 390 g/mol. The Labute approximate surface area is 159 Å². The molecule has 8 heteroatoms. The first-order valence-electron chi connectivity index (χ1n) is 8.22. The maximum absolute atomic E-state index is 12.0. The number of hydrogen-bond acceptors (Lipinski definition) is 5. The minimum absolute atomic E-state index is 0.0695. The first kappa shape index (κ1) is 20.6. The molecule has 2 aromatic carbocycles. The number of ether oxygens (including phenoxy) is 1. The third-order valence-corrected chi connectivity index (χ3v) is 5.77. The lowest BCUT2D eigenvalue weighted by Crippen LogP contribution is -2.28. The van der Waals surface area contributed by atoms with Crippen molar-refractivity contribution in [3.05, 3.63) is 65.2 Å². The molecule has 1 N–H and O–H groups in total. The number of rotatable bonds is 7. The third kappa shape index (κ3) is 5.38. The lowest BCUT2D eigenvalue weighted by atomic mass is 10.1. The van der Waals surface area contributed by atoms with Crippen molar-refractivity contribution >= 4 is 21.9 Å². The van der Waals surface area contributed by atoms with Crippen molar-refractivity contribution in [3.63, 3.8) is 0 Å². The van der Waals surface area contributed by atoms with E-state index in [1.165, 1.54) is 38.4 Å². The predicted molar refractivity (Wildman–Crippen MR) is 101 cm³/mol. The van der Waals surface area contributed by atoms with Gasteiger partial charge >= 0.3 is 5.97 Å². The second-order valence-electron chi connectivity index (χ2n) is 6.09. The molecule has 144 valence electrons. The molecule has 0 heterocycles. The number of nitrogens with one attached hydrogen (secondary N) is 1. The second-order valence-corrected chi connectivity index (χ2v) is 8.24. The number of sulfonamides is 1. The molecule has 0 unspecified atom stereocenters. The van der Waals surface area contributed by atoms with Crippen LogP contribution in [0.25, 0.3) is 0 Å². The van der Waals surface area contributed by atoms with Crippen LogP contribution >= 0.6 is 0 Å². The lowest BCUT2D eigenvalue weighted by Gasteiger charge is -2.11. The van der Waals surface area contributed by atoms with Gasteiger partial charge in [-0.3, -0.25) is 4.79 Å². The summed E-state index contributed by atoms with van der Waals surface area (Å²) in [5.74, 6) is -1.12. The number of nitrogens with zero attached hydrogens (tertiary/aromatic N) is 1. The summed E-state index contributed by atoms with van der Waals surface area (Å²) in [5, 5.41) is 2.69. The average Bonchev–Trinajstić information content (AvgIpc) is 2.65. The number of esters is 1. The lowest BCUT2D eigenvalue weighted by molar-refractivity contribution is -0.124. The van der Waals surface area contributed by atoms with Gasteiger partial charge in [0.05, 0.1) is 10.5 Å². The van der Waals surface area contributed by atoms with Crippen molar-refractivity contribution in [3.8, 4) is 0 Å². The number of benzene rings is 2. The van der Waals surface area contributed by atoms with Gasteiger partial charge in [-0.05, 0) is 42.3 Å². The fourth-order valence-electron chi connectivity index (χ4n) is 2.24. The SMILES string of the molecule is Cc1ccccc1CNC(=O)COC(=O)c1ccc(S(=O)(=O)N(C)C)cc1. The van der Waals surface area contributed by atoms with Crippen LogP contribution in [-0.2, 0) is 26.1 Å². The highest BCUT2D eigenvalue weighted by molar-refractivity contribution is 7.89. The van der Waals surface area contributed by atoms with Crippen molar-refractivity contribution in [1.82, 2.24) is 9.62 Å². The van der Waals surface area contributed by atoms with Gasteiger partial charge in [0.2, 0.25) is 10.0 Å². The summed E-state index contributed by atoms with van der Waals surface area (Å²) in [6.45, 7) is 1.88. The second kappa shape index (κ2) is 8.79. The van der Waals surface area contributed by atoms with Gasteiger partial charge in [-0.25, -0.2) is 17.5 Å². The predicted octanol–water partition coefficient (Wildman–Crippen LogP) is 1.72. The average molecular weight is 390 g/mol. The smallest absolute Gasteiger partial charge is 0.338 e. The summed E-state index contributed by atoms with van der Waals surface area (Å²) in [6, 6.07) is 13.0. The fourth-order valence-corrected chi connectivity index (χ4v) is 3.14. The summed E-state index contributed by atoms with van der Waals surface area (Å²) >= 11 is 0. The minimum Gasteiger partial charge on any atom is -0.452 e. The van der Waals surface area contributed by atoms with E-state index in [1.54, 1.807) is 0 Å². The van der Waals surface area contributed by atoms with Crippen LogP contribution in [0.2, 0.25) is 0 Å². The molecule has 0 aliphatic heterocycles. The standard InChI is InChI=1S/C19H22N2O5S/c1-14-6-4-5-7-16(14)12-20-18(22)13-26-19(23)15-8-10-17(11-9-15)27(24,25)21(2)3/h4-11H,12-13H2,1-3H3,(H,20,22). The summed E-state index contributed by atoms with van der Waals surface area (Å²) in [5.41, 5.74) is 2.21. The topological polar surface area (TPSA) is 92.8 Å². The molecule has 0 bridgehead atoms. The number of carbonyl (C=O) groups excluding carboxylic acids is 2. The van der Waals surface area contributed by atoms with Gasteiger partial charge in [-0.15, -0.1) is 0 Å². The Morgan fingerprint density at radius 2 is 1.67 bits per heavy atom. The fraction of sp³-hybridized carbons (Fsp3) is 0.263. The quantitative estimate of drug-likeness (QED) is 0.727. The molecular formula is C19H22N2O5S. The molecule has 0 atom stereocenters. The molecule has 2 aromatic rings. The van der Waals surface area contributed by atoms with Crippen LogP contribution in [-0.4, -0.2) is 45.3 Å². The van der Waals surface area contributed by atoms with Crippen molar-refractivity contribution in [2.75, 3.05) is 20.7 Å². The van der Waals surface area contributed by atoms with E-state index in [0.717, 1.165) is 15.4 Å². The van der Waals surface area contributed by atoms with Gasteiger partial charge in [0, 0.05) is 20.6 Å². The van der Waals surface area contributed by atoms with Crippen LogP contribution in [0.4, 0.5) is 0 Å². The first-order valence-corrected chi connectivity index (χ1v) is 9.66. The maximum Gasteiger partial charge on any atom is 0.338 e. The van der Waals surface area contributed by atoms with E-state index in [-0.39, 0.29) is 10.5 Å². The van der Waals surface area contributed by atoms with E-state index in [4.69, 9.17) is 4.74 Å². The van der Waals surface area contributed by atoms with Crippen molar-refractivity contribution < 1.29 is 22.7 Å². The maximum atomic E-state index is 12.0. The molecule has 0 aliphatic carbocycles. The van der Waals surface area contributed by atoms with E-state index in [0.29, 0.717) is 6.54 Å². The Balaban J connectivity index is 1.88. The summed E-state index contributed by atoms with van der Waals surface area (Å²) in [7, 11) is -0.718. The highest BCUT2D eigenvalue weighted by Gasteiger charge is 2.18. The molecular weight excluding hydrogens is 368 g/mol. The first-order chi connectivity index (χ1) is 12.7. The zero-order valence-electron chi connectivity index (χ0n) is 15.4. The third-order valence-electron chi connectivity index (χ3n) is 3.94. The molecule has 0 spiro atoms. The van der Waals surface area contributed by atoms with E-state index in [2.05, 4.69) is 5.32 Å². The molecule has 0 aromatic heterocycles. The number of aryl methyl sites for hydroxylation is 1. The van der Waals surface area contributed by atoms with E-state index < -0.39 is 28.5 Å². The van der Waals surface area contributed by atoms with E-state index in [9.17, 15) is 18.0 Å². The van der Waals surface area contributed by atoms with Crippen molar-refractivity contribution in [1.29, 1.82) is 0 Å². The minimum atomic E-state index is -3.57. The van der Waals surface area contributed by atoms with Gasteiger partial charge in [0.1, 0.15) is 0 Å². The zero-order valence-corrected chi connectivity index (χ0v) is 16.2. The Kier molecular flexibility index (Phi) is 6.70. The normalized spacial score (nSPS) is 11.3. The van der Waals surface area contributed by atoms with Gasteiger partial charge in [0.15, 0.2) is 6.61 Å². The van der Waals surface area contributed by atoms with Gasteiger partial charge in [-0.1, -0.05) is 24.3 Å². The van der Waals surface area contributed by atoms with E-state index in [1.807, 2.05) is 31.2 Å². The van der Waals surface area contributed by atoms with E-state index >= 15 is 0 Å². The van der Waals surface area contributed by atoms with Gasteiger partial charge in [-0.2, -0.15) is 0 Å². The molecule has 0 saturated carbocycles. The van der Waals surface area contributed by atoms with Crippen LogP contribution in [0.3, 0.4) is 0 Å². The van der Waals surface area contributed by atoms with Gasteiger partial charge in [0.25, 0.3) is 5.91 Å². The molecule has 0 fully saturated rings. The number of amides is 1. The van der Waals surface area contributed by atoms with Gasteiger partial charge < -0.3 is 10.1 Å². The number of hydrogen-bond donors (Lipinski definition) is 1. The van der Waals surface area contributed by atoms with Crippen LogP contribution in [0.15, 0.2) is 53.4 Å². The molecule has 2 rings (SSSR count). The van der Waals surface area contributed by atoms with Crippen molar-refractivity contribution in [2.24, 2.45) is 0 Å². The summed E-state index contributed by atoms with van der Waals surface area (Å²) in [6.07, 6.45) is 0. The zero-order chi connectivity index (χ0) is 20.0. The van der Waals surface area contributed by atoms with Crippen LogP contribution < -0.4 is 5.32 Å².